The molecule has 7 heteroatoms. The normalized spacial score (nSPS) is 17.1. The van der Waals surface area contributed by atoms with E-state index in [2.05, 4.69) is 15.1 Å². The quantitative estimate of drug-likeness (QED) is 0.544. The lowest BCUT2D eigenvalue weighted by atomic mass is 9.93. The van der Waals surface area contributed by atoms with Crippen molar-refractivity contribution < 1.29 is 4.74 Å². The van der Waals surface area contributed by atoms with Gasteiger partial charge in [0.1, 0.15) is 5.84 Å². The third kappa shape index (κ3) is 3.37. The van der Waals surface area contributed by atoms with Gasteiger partial charge in [-0.25, -0.2) is 0 Å². The topological polar surface area (TPSA) is 114 Å². The van der Waals surface area contributed by atoms with Gasteiger partial charge in [-0.3, -0.25) is 5.41 Å². The number of nitrogens with one attached hydrogen (secondary N) is 1. The molecule has 108 valence electrons. The zero-order valence-electron chi connectivity index (χ0n) is 11.5. The molecule has 1 aromatic heterocycles. The summed E-state index contributed by atoms with van der Waals surface area (Å²) in [4.78, 5) is 2.17. The van der Waals surface area contributed by atoms with Gasteiger partial charge in [0, 0.05) is 30.8 Å². The summed E-state index contributed by atoms with van der Waals surface area (Å²) in [7, 11) is 1.57. The molecule has 1 saturated heterocycles. The Morgan fingerprint density at radius 1 is 1.35 bits per heavy atom. The number of anilines is 1. The molecule has 1 aliphatic rings. The van der Waals surface area contributed by atoms with E-state index in [0.29, 0.717) is 11.6 Å². The van der Waals surface area contributed by atoms with Gasteiger partial charge in [-0.1, -0.05) is 0 Å². The first-order chi connectivity index (χ1) is 9.60. The minimum Gasteiger partial charge on any atom is -0.480 e. The second-order valence-corrected chi connectivity index (χ2v) is 4.79. The average Bonchev–Trinajstić information content (AvgIpc) is 2.47. The van der Waals surface area contributed by atoms with Crippen LogP contribution in [0.15, 0.2) is 23.9 Å². The highest BCUT2D eigenvalue weighted by Crippen LogP contribution is 2.25. The monoisotopic (exact) mass is 276 g/mol. The Kier molecular flexibility index (Phi) is 4.39. The first-order valence-electron chi connectivity index (χ1n) is 6.54. The van der Waals surface area contributed by atoms with E-state index in [1.165, 1.54) is 6.08 Å². The fourth-order valence-electron chi connectivity index (χ4n) is 2.33. The van der Waals surface area contributed by atoms with E-state index >= 15 is 0 Å². The molecule has 0 unspecified atom stereocenters. The Morgan fingerprint density at radius 2 is 2.05 bits per heavy atom. The van der Waals surface area contributed by atoms with Crippen LogP contribution in [-0.2, 0) is 0 Å². The minimum absolute atomic E-state index is 0.00551. The number of amidine groups is 1. The van der Waals surface area contributed by atoms with Crippen LogP contribution >= 0.6 is 0 Å². The SMILES string of the molecule is COc1ccc(N2CCC(C(N)=CC(=N)N)CC2)nn1. The number of aromatic nitrogens is 2. The number of nitrogens with two attached hydrogens (primary N) is 2. The predicted molar refractivity (Wildman–Crippen MR) is 77.7 cm³/mol. The van der Waals surface area contributed by atoms with Crippen LogP contribution in [0.25, 0.3) is 0 Å². The summed E-state index contributed by atoms with van der Waals surface area (Å²) in [5.41, 5.74) is 12.0. The third-order valence-corrected chi connectivity index (χ3v) is 3.45. The summed E-state index contributed by atoms with van der Waals surface area (Å²) in [6.07, 6.45) is 3.38. The minimum atomic E-state index is 0.00551. The summed E-state index contributed by atoms with van der Waals surface area (Å²) in [6, 6.07) is 3.71. The zero-order valence-corrected chi connectivity index (χ0v) is 11.5. The highest BCUT2D eigenvalue weighted by Gasteiger charge is 2.22. The Hall–Kier alpha value is -2.31. The predicted octanol–water partition coefficient (Wildman–Crippen LogP) is 0.480. The van der Waals surface area contributed by atoms with Crippen molar-refractivity contribution in [3.8, 4) is 5.88 Å². The van der Waals surface area contributed by atoms with E-state index in [-0.39, 0.29) is 11.8 Å². The molecule has 0 bridgehead atoms. The number of methoxy groups -OCH3 is 1. The summed E-state index contributed by atoms with van der Waals surface area (Å²) < 4.78 is 4.99. The fraction of sp³-hybridized carbons (Fsp3) is 0.462. The van der Waals surface area contributed by atoms with Crippen LogP contribution < -0.4 is 21.1 Å². The lowest BCUT2D eigenvalue weighted by Crippen LogP contribution is -2.36. The van der Waals surface area contributed by atoms with Crippen LogP contribution in [-0.4, -0.2) is 36.2 Å². The van der Waals surface area contributed by atoms with Gasteiger partial charge in [-0.2, -0.15) is 0 Å². The van der Waals surface area contributed by atoms with E-state index in [9.17, 15) is 0 Å². The summed E-state index contributed by atoms with van der Waals surface area (Å²) in [5.74, 6) is 1.64. The number of rotatable bonds is 4. The van der Waals surface area contributed by atoms with Crippen LogP contribution in [0.5, 0.6) is 5.88 Å². The second-order valence-electron chi connectivity index (χ2n) is 4.79. The molecule has 7 nitrogen and oxygen atoms in total. The van der Waals surface area contributed by atoms with Gasteiger partial charge in [0.05, 0.1) is 7.11 Å². The van der Waals surface area contributed by atoms with Gasteiger partial charge in [0.15, 0.2) is 5.82 Å². The Morgan fingerprint density at radius 3 is 2.55 bits per heavy atom. The molecule has 2 rings (SSSR count). The molecule has 1 aromatic rings. The van der Waals surface area contributed by atoms with Gasteiger partial charge in [0.2, 0.25) is 5.88 Å². The van der Waals surface area contributed by atoms with Gasteiger partial charge in [-0.05, 0) is 25.0 Å². The number of allylic oxidation sites excluding steroid dienone is 1. The Bertz CT molecular complexity index is 490. The third-order valence-electron chi connectivity index (χ3n) is 3.45. The Balaban J connectivity index is 1.95. The summed E-state index contributed by atoms with van der Waals surface area (Å²) in [5, 5.41) is 15.4. The number of piperidine rings is 1. The molecule has 0 aromatic carbocycles. The molecule has 5 N–H and O–H groups in total. The standard InChI is InChI=1S/C13H20N6O/c1-20-13-3-2-12(17-18-13)19-6-4-9(5-7-19)10(14)8-11(15)16/h2-3,8-9H,4-7,14H2,1H3,(H3,15,16). The van der Waals surface area contributed by atoms with Crippen LogP contribution in [0, 0.1) is 11.3 Å². The number of hydrogen-bond acceptors (Lipinski definition) is 6. The van der Waals surface area contributed by atoms with Crippen molar-refractivity contribution in [2.45, 2.75) is 12.8 Å². The number of ether oxygens (including phenoxy) is 1. The molecule has 20 heavy (non-hydrogen) atoms. The van der Waals surface area contributed by atoms with Gasteiger partial charge < -0.3 is 21.1 Å². The van der Waals surface area contributed by atoms with Crippen molar-refractivity contribution in [3.05, 3.63) is 23.9 Å². The molecule has 0 radical (unpaired) electrons. The molecular weight excluding hydrogens is 256 g/mol. The van der Waals surface area contributed by atoms with Crippen molar-refractivity contribution in [2.24, 2.45) is 17.4 Å². The fourth-order valence-corrected chi connectivity index (χ4v) is 2.33. The lowest BCUT2D eigenvalue weighted by molar-refractivity contribution is 0.391. The van der Waals surface area contributed by atoms with Crippen LogP contribution in [0.2, 0.25) is 0 Å². The molecule has 1 fully saturated rings. The molecular formula is C13H20N6O. The van der Waals surface area contributed by atoms with E-state index in [1.54, 1.807) is 13.2 Å². The molecule has 1 aliphatic heterocycles. The highest BCUT2D eigenvalue weighted by atomic mass is 16.5. The number of nitrogens with zero attached hydrogens (tertiary/aromatic N) is 3. The smallest absolute Gasteiger partial charge is 0.233 e. The van der Waals surface area contributed by atoms with Crippen molar-refractivity contribution >= 4 is 11.7 Å². The maximum absolute atomic E-state index is 7.24. The first kappa shape index (κ1) is 14.1. The molecule has 0 spiro atoms. The molecule has 2 heterocycles. The Labute approximate surface area is 118 Å². The van der Waals surface area contributed by atoms with Gasteiger partial charge in [-0.15, -0.1) is 10.2 Å². The van der Waals surface area contributed by atoms with E-state index in [1.807, 2.05) is 6.07 Å². The molecule has 0 atom stereocenters. The summed E-state index contributed by atoms with van der Waals surface area (Å²) >= 11 is 0. The second kappa shape index (κ2) is 6.23. The lowest BCUT2D eigenvalue weighted by Gasteiger charge is -2.32. The average molecular weight is 276 g/mol. The molecule has 0 saturated carbocycles. The zero-order chi connectivity index (χ0) is 14.5. The van der Waals surface area contributed by atoms with Crippen molar-refractivity contribution in [1.82, 2.24) is 10.2 Å². The summed E-state index contributed by atoms with van der Waals surface area (Å²) in [6.45, 7) is 1.72. The van der Waals surface area contributed by atoms with Crippen molar-refractivity contribution in [2.75, 3.05) is 25.1 Å². The van der Waals surface area contributed by atoms with Gasteiger partial charge in [0.25, 0.3) is 0 Å². The van der Waals surface area contributed by atoms with Crippen LogP contribution in [0.1, 0.15) is 12.8 Å². The van der Waals surface area contributed by atoms with Crippen molar-refractivity contribution in [3.63, 3.8) is 0 Å². The highest BCUT2D eigenvalue weighted by molar-refractivity contribution is 5.89. The maximum Gasteiger partial charge on any atom is 0.233 e. The van der Waals surface area contributed by atoms with Crippen molar-refractivity contribution in [1.29, 1.82) is 5.41 Å². The van der Waals surface area contributed by atoms with E-state index < -0.39 is 0 Å². The molecule has 0 amide bonds. The van der Waals surface area contributed by atoms with E-state index in [0.717, 1.165) is 31.7 Å². The largest absolute Gasteiger partial charge is 0.480 e. The van der Waals surface area contributed by atoms with Gasteiger partial charge >= 0.3 is 0 Å². The number of hydrogen-bond donors (Lipinski definition) is 3. The van der Waals surface area contributed by atoms with Crippen LogP contribution in [0.3, 0.4) is 0 Å². The van der Waals surface area contributed by atoms with E-state index in [4.69, 9.17) is 21.6 Å². The molecule has 0 aliphatic carbocycles. The first-order valence-corrected chi connectivity index (χ1v) is 6.54. The maximum atomic E-state index is 7.24. The van der Waals surface area contributed by atoms with Crippen LogP contribution in [0.4, 0.5) is 5.82 Å².